The van der Waals surface area contributed by atoms with Crippen molar-refractivity contribution in [2.24, 2.45) is 0 Å². The number of carbonyl (C=O) groups is 1. The minimum absolute atomic E-state index is 0.201. The Morgan fingerprint density at radius 1 is 1.20 bits per heavy atom. The summed E-state index contributed by atoms with van der Waals surface area (Å²) in [6, 6.07) is 4.38. The largest absolute Gasteiger partial charge is 0.468 e. The number of esters is 1. The second kappa shape index (κ2) is 4.97. The Morgan fingerprint density at radius 3 is 2.40 bits per heavy atom. The van der Waals surface area contributed by atoms with Crippen molar-refractivity contribution in [3.8, 4) is 0 Å². The lowest BCUT2D eigenvalue weighted by Gasteiger charge is -2.42. The first kappa shape index (κ1) is 14.6. The molecule has 0 radical (unpaired) electrons. The van der Waals surface area contributed by atoms with Gasteiger partial charge in [-0.05, 0) is 63.5 Å². The van der Waals surface area contributed by atoms with Gasteiger partial charge in [-0.15, -0.1) is 0 Å². The van der Waals surface area contributed by atoms with Crippen LogP contribution in [-0.4, -0.2) is 25.2 Å². The van der Waals surface area contributed by atoms with E-state index in [1.807, 2.05) is 0 Å². The number of anilines is 1. The molecule has 0 saturated carbocycles. The van der Waals surface area contributed by atoms with Gasteiger partial charge in [0.25, 0.3) is 0 Å². The van der Waals surface area contributed by atoms with Gasteiger partial charge < -0.3 is 9.64 Å². The molecule has 0 aliphatic carbocycles. The van der Waals surface area contributed by atoms with Gasteiger partial charge in [-0.1, -0.05) is 6.08 Å². The number of nitrogens with zero attached hydrogens (tertiary/aromatic N) is 1. The van der Waals surface area contributed by atoms with E-state index in [2.05, 4.69) is 57.7 Å². The molecule has 0 fully saturated rings. The van der Waals surface area contributed by atoms with Crippen molar-refractivity contribution in [2.75, 3.05) is 18.6 Å². The fourth-order valence-corrected chi connectivity index (χ4v) is 2.82. The summed E-state index contributed by atoms with van der Waals surface area (Å²) in [4.78, 5) is 13.8. The average molecular weight is 273 g/mol. The zero-order valence-corrected chi connectivity index (χ0v) is 13.2. The Hall–Kier alpha value is -1.77. The van der Waals surface area contributed by atoms with Gasteiger partial charge in [0.15, 0.2) is 0 Å². The summed E-state index contributed by atoms with van der Waals surface area (Å²) in [6.45, 7) is 10.9. The maximum absolute atomic E-state index is 11.7. The van der Waals surface area contributed by atoms with Crippen molar-refractivity contribution in [1.29, 1.82) is 0 Å². The number of aryl methyl sites for hydroxylation is 2. The molecule has 20 heavy (non-hydrogen) atoms. The van der Waals surface area contributed by atoms with Gasteiger partial charge in [0.1, 0.15) is 6.54 Å². The number of fused-ring (bicyclic) bond motifs is 1. The third-order valence-corrected chi connectivity index (χ3v) is 4.11. The Labute approximate surface area is 121 Å². The lowest BCUT2D eigenvalue weighted by Crippen LogP contribution is -2.48. The summed E-state index contributed by atoms with van der Waals surface area (Å²) in [6.07, 6.45) is 2.22. The molecule has 0 unspecified atom stereocenters. The molecule has 1 heterocycles. The van der Waals surface area contributed by atoms with E-state index in [9.17, 15) is 4.79 Å². The van der Waals surface area contributed by atoms with Crippen LogP contribution >= 0.6 is 0 Å². The number of methoxy groups -OCH3 is 1. The summed E-state index contributed by atoms with van der Waals surface area (Å²) < 4.78 is 4.84. The molecular weight excluding hydrogens is 250 g/mol. The van der Waals surface area contributed by atoms with Gasteiger partial charge in [0.2, 0.25) is 0 Å². The molecule has 2 rings (SSSR count). The average Bonchev–Trinajstić information content (AvgIpc) is 2.36. The summed E-state index contributed by atoms with van der Waals surface area (Å²) in [7, 11) is 1.43. The van der Waals surface area contributed by atoms with Crippen LogP contribution in [0.2, 0.25) is 0 Å². The Morgan fingerprint density at radius 2 is 1.80 bits per heavy atom. The van der Waals surface area contributed by atoms with Crippen molar-refractivity contribution >= 4 is 17.2 Å². The van der Waals surface area contributed by atoms with Crippen LogP contribution in [-0.2, 0) is 9.53 Å². The molecule has 0 amide bonds. The van der Waals surface area contributed by atoms with E-state index in [1.54, 1.807) is 0 Å². The molecule has 1 aromatic rings. The molecule has 1 aliphatic rings. The van der Waals surface area contributed by atoms with Crippen LogP contribution in [0.3, 0.4) is 0 Å². The molecule has 0 N–H and O–H groups in total. The minimum atomic E-state index is -0.213. The quantitative estimate of drug-likeness (QED) is 0.773. The maximum atomic E-state index is 11.7. The first-order valence-corrected chi connectivity index (χ1v) is 6.92. The number of rotatable bonds is 2. The topological polar surface area (TPSA) is 29.5 Å². The van der Waals surface area contributed by atoms with E-state index < -0.39 is 0 Å². The van der Waals surface area contributed by atoms with Crippen molar-refractivity contribution in [2.45, 2.75) is 40.2 Å². The molecular formula is C17H23NO2. The van der Waals surface area contributed by atoms with E-state index >= 15 is 0 Å². The van der Waals surface area contributed by atoms with Crippen molar-refractivity contribution < 1.29 is 9.53 Å². The monoisotopic (exact) mass is 273 g/mol. The number of hydrogen-bond acceptors (Lipinski definition) is 3. The van der Waals surface area contributed by atoms with E-state index in [4.69, 9.17) is 4.74 Å². The summed E-state index contributed by atoms with van der Waals surface area (Å²) in [5.41, 5.74) is 5.89. The second-order valence-electron chi connectivity index (χ2n) is 6.10. The van der Waals surface area contributed by atoms with E-state index in [1.165, 1.54) is 29.4 Å². The number of allylic oxidation sites excluding steroid dienone is 1. The molecule has 108 valence electrons. The predicted octanol–water partition coefficient (Wildman–Crippen LogP) is 3.48. The number of carbonyl (C=O) groups excluding carboxylic acids is 1. The van der Waals surface area contributed by atoms with E-state index in [-0.39, 0.29) is 18.1 Å². The molecule has 3 nitrogen and oxygen atoms in total. The molecule has 0 bridgehead atoms. The Kier molecular flexibility index (Phi) is 3.63. The highest BCUT2D eigenvalue weighted by atomic mass is 16.5. The highest BCUT2D eigenvalue weighted by molar-refractivity contribution is 5.86. The maximum Gasteiger partial charge on any atom is 0.325 e. The highest BCUT2D eigenvalue weighted by Crippen LogP contribution is 2.40. The molecule has 1 aromatic carbocycles. The van der Waals surface area contributed by atoms with Gasteiger partial charge in [-0.2, -0.15) is 0 Å². The molecule has 0 atom stereocenters. The van der Waals surface area contributed by atoms with Crippen molar-refractivity contribution in [1.82, 2.24) is 0 Å². The van der Waals surface area contributed by atoms with Crippen LogP contribution < -0.4 is 4.90 Å². The fraction of sp³-hybridized carbons (Fsp3) is 0.471. The van der Waals surface area contributed by atoms with Crippen LogP contribution in [0.1, 0.15) is 37.5 Å². The first-order chi connectivity index (χ1) is 9.26. The van der Waals surface area contributed by atoms with Crippen molar-refractivity contribution in [3.63, 3.8) is 0 Å². The third-order valence-electron chi connectivity index (χ3n) is 4.11. The van der Waals surface area contributed by atoms with E-state index in [0.717, 1.165) is 5.69 Å². The van der Waals surface area contributed by atoms with Gasteiger partial charge in [-0.25, -0.2) is 0 Å². The lowest BCUT2D eigenvalue weighted by atomic mass is 9.87. The molecule has 0 spiro atoms. The van der Waals surface area contributed by atoms with Crippen LogP contribution in [0, 0.1) is 13.8 Å². The van der Waals surface area contributed by atoms with Gasteiger partial charge in [0, 0.05) is 11.3 Å². The smallest absolute Gasteiger partial charge is 0.325 e. The third kappa shape index (κ3) is 2.45. The fourth-order valence-electron chi connectivity index (χ4n) is 2.82. The number of benzene rings is 1. The first-order valence-electron chi connectivity index (χ1n) is 6.92. The SMILES string of the molecule is COC(=O)CN1c2cc(C)c(C)cc2C(C)=CC1(C)C. The molecule has 3 heteroatoms. The van der Waals surface area contributed by atoms with Gasteiger partial charge in [0.05, 0.1) is 12.6 Å². The minimum Gasteiger partial charge on any atom is -0.468 e. The molecule has 0 aromatic heterocycles. The summed E-state index contributed by atoms with van der Waals surface area (Å²) in [5, 5.41) is 0. The Bertz CT molecular complexity index is 585. The van der Waals surface area contributed by atoms with Gasteiger partial charge in [-0.3, -0.25) is 4.79 Å². The van der Waals surface area contributed by atoms with Gasteiger partial charge >= 0.3 is 5.97 Å². The molecule has 1 aliphatic heterocycles. The van der Waals surface area contributed by atoms with Crippen LogP contribution in [0.4, 0.5) is 5.69 Å². The number of ether oxygens (including phenoxy) is 1. The zero-order valence-electron chi connectivity index (χ0n) is 13.2. The number of hydrogen-bond donors (Lipinski definition) is 0. The predicted molar refractivity (Wildman–Crippen MR) is 83.0 cm³/mol. The second-order valence-corrected chi connectivity index (χ2v) is 6.10. The van der Waals surface area contributed by atoms with Crippen LogP contribution in [0.15, 0.2) is 18.2 Å². The van der Waals surface area contributed by atoms with Crippen LogP contribution in [0.25, 0.3) is 5.57 Å². The highest BCUT2D eigenvalue weighted by Gasteiger charge is 2.33. The summed E-state index contributed by atoms with van der Waals surface area (Å²) in [5.74, 6) is -0.213. The molecule has 0 saturated heterocycles. The lowest BCUT2D eigenvalue weighted by molar-refractivity contribution is -0.139. The Balaban J connectivity index is 2.58. The van der Waals surface area contributed by atoms with E-state index in [0.29, 0.717) is 0 Å². The summed E-state index contributed by atoms with van der Waals surface area (Å²) >= 11 is 0. The van der Waals surface area contributed by atoms with Crippen LogP contribution in [0.5, 0.6) is 0 Å². The zero-order chi connectivity index (χ0) is 15.1. The van der Waals surface area contributed by atoms with Crippen molar-refractivity contribution in [3.05, 3.63) is 34.9 Å². The normalized spacial score (nSPS) is 16.5. The standard InChI is InChI=1S/C17H23NO2/c1-11-7-14-13(3)9-17(4,5)18(10-16(19)20-6)15(14)8-12(11)2/h7-9H,10H2,1-6H3.